The molecule has 126 valence electrons. The molecule has 0 unspecified atom stereocenters. The summed E-state index contributed by atoms with van der Waals surface area (Å²) in [6.45, 7) is 7.75. The Hall–Kier alpha value is -2.33. The van der Waals surface area contributed by atoms with Crippen LogP contribution >= 0.6 is 0 Å². The normalized spacial score (nSPS) is 16.2. The van der Waals surface area contributed by atoms with Crippen molar-refractivity contribution >= 4 is 11.6 Å². The second kappa shape index (κ2) is 6.65. The van der Waals surface area contributed by atoms with Gasteiger partial charge in [-0.25, -0.2) is 0 Å². The van der Waals surface area contributed by atoms with Crippen molar-refractivity contribution in [3.8, 4) is 0 Å². The van der Waals surface area contributed by atoms with Gasteiger partial charge in [-0.15, -0.1) is 0 Å². The number of nitrogens with two attached hydrogens (primary N) is 1. The van der Waals surface area contributed by atoms with Crippen molar-refractivity contribution in [3.63, 3.8) is 0 Å². The summed E-state index contributed by atoms with van der Waals surface area (Å²) in [5, 5.41) is 0. The Balaban J connectivity index is 1.65. The second-order valence-electron chi connectivity index (χ2n) is 6.83. The molecule has 4 heteroatoms. The van der Waals surface area contributed by atoms with E-state index in [0.717, 1.165) is 26.2 Å². The third-order valence-corrected chi connectivity index (χ3v) is 5.00. The second-order valence-corrected chi connectivity index (χ2v) is 6.83. The van der Waals surface area contributed by atoms with Gasteiger partial charge in [-0.3, -0.25) is 9.69 Å². The van der Waals surface area contributed by atoms with Crippen LogP contribution in [0.15, 0.2) is 54.6 Å². The van der Waals surface area contributed by atoms with E-state index in [1.807, 2.05) is 11.0 Å². The highest BCUT2D eigenvalue weighted by molar-refractivity contribution is 5.94. The van der Waals surface area contributed by atoms with Crippen molar-refractivity contribution in [1.82, 2.24) is 9.80 Å². The van der Waals surface area contributed by atoms with Crippen LogP contribution in [0.25, 0.3) is 0 Å². The third-order valence-electron chi connectivity index (χ3n) is 5.00. The van der Waals surface area contributed by atoms with Crippen LogP contribution in [-0.2, 0) is 5.54 Å². The van der Waals surface area contributed by atoms with Gasteiger partial charge in [-0.1, -0.05) is 30.3 Å². The minimum absolute atomic E-state index is 0.0302. The van der Waals surface area contributed by atoms with E-state index in [4.69, 9.17) is 5.73 Å². The number of rotatable bonds is 3. The Labute approximate surface area is 143 Å². The quantitative estimate of drug-likeness (QED) is 0.884. The fourth-order valence-electron chi connectivity index (χ4n) is 3.31. The summed E-state index contributed by atoms with van der Waals surface area (Å²) in [7, 11) is 0. The molecule has 0 bridgehead atoms. The molecular weight excluding hydrogens is 298 g/mol. The van der Waals surface area contributed by atoms with E-state index in [1.165, 1.54) is 5.56 Å². The van der Waals surface area contributed by atoms with Gasteiger partial charge < -0.3 is 10.6 Å². The molecule has 0 saturated carbocycles. The lowest BCUT2D eigenvalue weighted by atomic mass is 9.91. The van der Waals surface area contributed by atoms with Gasteiger partial charge in [-0.05, 0) is 43.7 Å². The van der Waals surface area contributed by atoms with Crippen molar-refractivity contribution in [3.05, 3.63) is 65.7 Å². The molecule has 1 aliphatic heterocycles. The molecule has 1 fully saturated rings. The Morgan fingerprint density at radius 1 is 0.917 bits per heavy atom. The van der Waals surface area contributed by atoms with E-state index in [-0.39, 0.29) is 11.4 Å². The van der Waals surface area contributed by atoms with Gasteiger partial charge in [0, 0.05) is 43.0 Å². The number of hydrogen-bond acceptors (Lipinski definition) is 3. The number of anilines is 1. The van der Waals surface area contributed by atoms with E-state index in [1.54, 1.807) is 24.3 Å². The number of benzene rings is 2. The predicted molar refractivity (Wildman–Crippen MR) is 97.8 cm³/mol. The summed E-state index contributed by atoms with van der Waals surface area (Å²) in [4.78, 5) is 17.0. The molecule has 1 aliphatic rings. The van der Waals surface area contributed by atoms with E-state index in [2.05, 4.69) is 43.0 Å². The van der Waals surface area contributed by atoms with Crippen molar-refractivity contribution in [2.45, 2.75) is 19.4 Å². The summed E-state index contributed by atoms with van der Waals surface area (Å²) < 4.78 is 0. The molecule has 2 aromatic rings. The van der Waals surface area contributed by atoms with Gasteiger partial charge in [0.1, 0.15) is 0 Å². The van der Waals surface area contributed by atoms with Gasteiger partial charge in [0.2, 0.25) is 0 Å². The average Bonchev–Trinajstić information content (AvgIpc) is 2.62. The summed E-state index contributed by atoms with van der Waals surface area (Å²) in [5.74, 6) is 0.0900. The van der Waals surface area contributed by atoms with Crippen molar-refractivity contribution in [2.24, 2.45) is 0 Å². The lowest BCUT2D eigenvalue weighted by Gasteiger charge is -2.44. The number of nitrogens with zero attached hydrogens (tertiary/aromatic N) is 2. The molecule has 0 aliphatic carbocycles. The maximum absolute atomic E-state index is 12.6. The van der Waals surface area contributed by atoms with Gasteiger partial charge >= 0.3 is 0 Å². The molecule has 4 nitrogen and oxygen atoms in total. The van der Waals surface area contributed by atoms with Crippen molar-refractivity contribution < 1.29 is 4.79 Å². The van der Waals surface area contributed by atoms with Crippen LogP contribution in [0.5, 0.6) is 0 Å². The third kappa shape index (κ3) is 3.29. The molecule has 0 spiro atoms. The predicted octanol–water partition coefficient (Wildman–Crippen LogP) is 2.96. The maximum Gasteiger partial charge on any atom is 0.253 e. The topological polar surface area (TPSA) is 49.6 Å². The van der Waals surface area contributed by atoms with Crippen LogP contribution < -0.4 is 5.73 Å². The molecular formula is C20H25N3O. The van der Waals surface area contributed by atoms with Crippen LogP contribution in [0.1, 0.15) is 29.8 Å². The van der Waals surface area contributed by atoms with Gasteiger partial charge in [0.05, 0.1) is 0 Å². The fourth-order valence-corrected chi connectivity index (χ4v) is 3.31. The van der Waals surface area contributed by atoms with Gasteiger partial charge in [0.25, 0.3) is 5.91 Å². The first-order valence-electron chi connectivity index (χ1n) is 8.44. The molecule has 2 N–H and O–H groups in total. The number of piperazine rings is 1. The summed E-state index contributed by atoms with van der Waals surface area (Å²) in [5.41, 5.74) is 8.36. The Kier molecular flexibility index (Phi) is 4.58. The SMILES string of the molecule is CC(C)(c1ccccc1)N1CCN(C(=O)c2ccc(N)cc2)CC1. The van der Waals surface area contributed by atoms with Crippen molar-refractivity contribution in [2.75, 3.05) is 31.9 Å². The van der Waals surface area contributed by atoms with E-state index in [9.17, 15) is 4.79 Å². The molecule has 1 amide bonds. The smallest absolute Gasteiger partial charge is 0.253 e. The first-order chi connectivity index (χ1) is 11.5. The fraction of sp³-hybridized carbons (Fsp3) is 0.350. The first kappa shape index (κ1) is 16.5. The number of carbonyl (C=O) groups excluding carboxylic acids is 1. The molecule has 1 saturated heterocycles. The molecule has 2 aromatic carbocycles. The average molecular weight is 323 g/mol. The van der Waals surface area contributed by atoms with E-state index in [0.29, 0.717) is 11.3 Å². The van der Waals surface area contributed by atoms with Crippen LogP contribution in [0.2, 0.25) is 0 Å². The van der Waals surface area contributed by atoms with E-state index < -0.39 is 0 Å². The summed E-state index contributed by atoms with van der Waals surface area (Å²) in [6, 6.07) is 17.7. The lowest BCUT2D eigenvalue weighted by Crippen LogP contribution is -2.54. The van der Waals surface area contributed by atoms with Crippen LogP contribution in [-0.4, -0.2) is 41.9 Å². The largest absolute Gasteiger partial charge is 0.399 e. The van der Waals surface area contributed by atoms with Crippen LogP contribution in [0.4, 0.5) is 5.69 Å². The monoisotopic (exact) mass is 323 g/mol. The zero-order valence-electron chi connectivity index (χ0n) is 14.4. The number of amides is 1. The Morgan fingerprint density at radius 2 is 1.50 bits per heavy atom. The maximum atomic E-state index is 12.6. The zero-order valence-corrected chi connectivity index (χ0v) is 14.4. The minimum Gasteiger partial charge on any atom is -0.399 e. The molecule has 24 heavy (non-hydrogen) atoms. The Bertz CT molecular complexity index is 687. The highest BCUT2D eigenvalue weighted by Gasteiger charge is 2.32. The zero-order chi connectivity index (χ0) is 17.2. The van der Waals surface area contributed by atoms with Crippen LogP contribution in [0.3, 0.4) is 0 Å². The molecule has 1 heterocycles. The molecule has 0 atom stereocenters. The summed E-state index contributed by atoms with van der Waals surface area (Å²) >= 11 is 0. The summed E-state index contributed by atoms with van der Waals surface area (Å²) in [6.07, 6.45) is 0. The van der Waals surface area contributed by atoms with Gasteiger partial charge in [0.15, 0.2) is 0 Å². The van der Waals surface area contributed by atoms with E-state index >= 15 is 0 Å². The number of nitrogen functional groups attached to an aromatic ring is 1. The molecule has 0 radical (unpaired) electrons. The first-order valence-corrected chi connectivity index (χ1v) is 8.44. The minimum atomic E-state index is -0.0302. The highest BCUT2D eigenvalue weighted by atomic mass is 16.2. The lowest BCUT2D eigenvalue weighted by molar-refractivity contribution is 0.0392. The van der Waals surface area contributed by atoms with Gasteiger partial charge in [-0.2, -0.15) is 0 Å². The van der Waals surface area contributed by atoms with Crippen LogP contribution in [0, 0.1) is 0 Å². The highest BCUT2D eigenvalue weighted by Crippen LogP contribution is 2.28. The number of hydrogen-bond donors (Lipinski definition) is 1. The number of carbonyl (C=O) groups is 1. The standard InChI is InChI=1S/C20H25N3O/c1-20(2,17-6-4-3-5-7-17)23-14-12-22(13-15-23)19(24)16-8-10-18(21)11-9-16/h3-11H,12-15,21H2,1-2H3. The Morgan fingerprint density at radius 3 is 2.08 bits per heavy atom. The van der Waals surface area contributed by atoms with Crippen molar-refractivity contribution in [1.29, 1.82) is 0 Å². The molecule has 0 aromatic heterocycles. The molecule has 3 rings (SSSR count).